The lowest BCUT2D eigenvalue weighted by molar-refractivity contribution is -0.123. The van der Waals surface area contributed by atoms with E-state index in [0.717, 1.165) is 43.7 Å². The second-order valence-electron chi connectivity index (χ2n) is 5.99. The minimum atomic E-state index is 0.439. The number of carbonyl (C=O) groups is 1. The van der Waals surface area contributed by atoms with Crippen LogP contribution in [0, 0.1) is 17.8 Å². The molecule has 1 aliphatic rings. The zero-order chi connectivity index (χ0) is 12.3. The molecule has 1 aliphatic heterocycles. The number of hydrogen-bond acceptors (Lipinski definition) is 2. The van der Waals surface area contributed by atoms with Crippen LogP contribution < -0.4 is 0 Å². The molecule has 0 saturated carbocycles. The number of nitrogens with zero attached hydrogens (tertiary/aromatic N) is 1. The molecule has 1 atom stereocenters. The Kier molecular flexibility index (Phi) is 4.97. The van der Waals surface area contributed by atoms with Gasteiger partial charge in [-0.3, -0.25) is 9.69 Å². The van der Waals surface area contributed by atoms with Crippen molar-refractivity contribution < 1.29 is 4.79 Å². The molecular weight excluding hydrogens is 198 g/mol. The van der Waals surface area contributed by atoms with Gasteiger partial charge >= 0.3 is 0 Å². The second-order valence-corrected chi connectivity index (χ2v) is 5.99. The van der Waals surface area contributed by atoms with Gasteiger partial charge in [-0.15, -0.1) is 0 Å². The van der Waals surface area contributed by atoms with Crippen LogP contribution in [0.4, 0.5) is 0 Å². The fourth-order valence-corrected chi connectivity index (χ4v) is 2.78. The largest absolute Gasteiger partial charge is 0.300 e. The summed E-state index contributed by atoms with van der Waals surface area (Å²) in [6, 6.07) is 0.446. The molecule has 0 aromatic carbocycles. The van der Waals surface area contributed by atoms with Gasteiger partial charge in [-0.2, -0.15) is 0 Å². The highest BCUT2D eigenvalue weighted by Gasteiger charge is 2.27. The summed E-state index contributed by atoms with van der Waals surface area (Å²) < 4.78 is 0. The average molecular weight is 225 g/mol. The van der Waals surface area contributed by atoms with Crippen LogP contribution in [0.5, 0.6) is 0 Å². The fraction of sp³-hybridized carbons (Fsp3) is 0.929. The number of rotatable bonds is 4. The molecule has 1 rings (SSSR count). The maximum atomic E-state index is 11.3. The van der Waals surface area contributed by atoms with Crippen LogP contribution in [0.3, 0.4) is 0 Å². The summed E-state index contributed by atoms with van der Waals surface area (Å²) in [5, 5.41) is 0. The molecule has 16 heavy (non-hydrogen) atoms. The Bertz CT molecular complexity index is 227. The first kappa shape index (κ1) is 13.7. The van der Waals surface area contributed by atoms with Crippen molar-refractivity contribution in [3.05, 3.63) is 0 Å². The van der Waals surface area contributed by atoms with Crippen molar-refractivity contribution >= 4 is 5.78 Å². The Hall–Kier alpha value is -0.370. The first-order valence-corrected chi connectivity index (χ1v) is 6.67. The summed E-state index contributed by atoms with van der Waals surface area (Å²) in [4.78, 5) is 13.9. The predicted molar refractivity (Wildman–Crippen MR) is 68.4 cm³/mol. The van der Waals surface area contributed by atoms with Crippen LogP contribution in [-0.2, 0) is 4.79 Å². The van der Waals surface area contributed by atoms with E-state index in [0.29, 0.717) is 11.8 Å². The van der Waals surface area contributed by atoms with E-state index in [2.05, 4.69) is 39.5 Å². The normalized spacial score (nSPS) is 23.8. The lowest BCUT2D eigenvalue weighted by Gasteiger charge is -2.37. The quantitative estimate of drug-likeness (QED) is 0.733. The number of hydrogen-bond donors (Lipinski definition) is 0. The van der Waals surface area contributed by atoms with Crippen molar-refractivity contribution in [1.82, 2.24) is 4.90 Å². The summed E-state index contributed by atoms with van der Waals surface area (Å²) in [5.74, 6) is 2.64. The highest BCUT2D eigenvalue weighted by atomic mass is 16.1. The summed E-state index contributed by atoms with van der Waals surface area (Å²) in [6.45, 7) is 13.6. The molecule has 0 aromatic rings. The van der Waals surface area contributed by atoms with Crippen LogP contribution in [-0.4, -0.2) is 29.8 Å². The van der Waals surface area contributed by atoms with E-state index in [4.69, 9.17) is 0 Å². The lowest BCUT2D eigenvalue weighted by atomic mass is 9.84. The molecule has 0 radical (unpaired) electrons. The van der Waals surface area contributed by atoms with Gasteiger partial charge in [0.05, 0.1) is 0 Å². The third-order valence-electron chi connectivity index (χ3n) is 3.98. The lowest BCUT2D eigenvalue weighted by Crippen LogP contribution is -2.45. The Balaban J connectivity index is 2.54. The smallest absolute Gasteiger partial charge is 0.135 e. The number of Topliss-reactive ketones (excluding diaryl/α,β-unsaturated/α-hetero) is 1. The predicted octanol–water partition coefficient (Wildman–Crippen LogP) is 2.97. The zero-order valence-corrected chi connectivity index (χ0v) is 11.5. The van der Waals surface area contributed by atoms with Crippen LogP contribution in [0.15, 0.2) is 0 Å². The molecule has 0 aromatic heterocycles. The maximum Gasteiger partial charge on any atom is 0.135 e. The first-order chi connectivity index (χ1) is 7.41. The molecule has 0 spiro atoms. The molecule has 0 amide bonds. The van der Waals surface area contributed by atoms with Crippen molar-refractivity contribution in [2.75, 3.05) is 13.1 Å². The number of piperidine rings is 1. The number of carbonyl (C=O) groups excluding carboxylic acids is 1. The van der Waals surface area contributed by atoms with Crippen molar-refractivity contribution in [3.8, 4) is 0 Å². The van der Waals surface area contributed by atoms with E-state index in [1.54, 1.807) is 0 Å². The van der Waals surface area contributed by atoms with E-state index in [1.165, 1.54) is 0 Å². The van der Waals surface area contributed by atoms with E-state index >= 15 is 0 Å². The Labute approximate surface area is 100 Å². The van der Waals surface area contributed by atoms with E-state index in [1.807, 2.05) is 0 Å². The highest BCUT2D eigenvalue weighted by molar-refractivity contribution is 5.79. The molecule has 1 unspecified atom stereocenters. The summed E-state index contributed by atoms with van der Waals surface area (Å²) in [5.41, 5.74) is 0. The highest BCUT2D eigenvalue weighted by Crippen LogP contribution is 2.24. The van der Waals surface area contributed by atoms with Gasteiger partial charge in [0.15, 0.2) is 0 Å². The van der Waals surface area contributed by atoms with E-state index in [9.17, 15) is 4.79 Å². The van der Waals surface area contributed by atoms with Crippen molar-refractivity contribution in [1.29, 1.82) is 0 Å². The molecule has 0 aliphatic carbocycles. The Morgan fingerprint density at radius 1 is 1.25 bits per heavy atom. The molecule has 2 heteroatoms. The van der Waals surface area contributed by atoms with Gasteiger partial charge in [-0.1, -0.05) is 27.7 Å². The van der Waals surface area contributed by atoms with Gasteiger partial charge in [-0.25, -0.2) is 0 Å². The Morgan fingerprint density at radius 3 is 2.25 bits per heavy atom. The Morgan fingerprint density at radius 2 is 1.81 bits per heavy atom. The molecule has 1 heterocycles. The van der Waals surface area contributed by atoms with Crippen molar-refractivity contribution in [2.45, 2.75) is 53.5 Å². The van der Waals surface area contributed by atoms with Gasteiger partial charge < -0.3 is 0 Å². The van der Waals surface area contributed by atoms with Gasteiger partial charge in [0.25, 0.3) is 0 Å². The van der Waals surface area contributed by atoms with Gasteiger partial charge in [0.1, 0.15) is 5.78 Å². The van der Waals surface area contributed by atoms with Crippen LogP contribution in [0.1, 0.15) is 47.5 Å². The SMILES string of the molecule is CC(C)C(CN1CCC(=O)CC1C)C(C)C. The first-order valence-electron chi connectivity index (χ1n) is 6.67. The van der Waals surface area contributed by atoms with Gasteiger partial charge in [0.2, 0.25) is 0 Å². The summed E-state index contributed by atoms with van der Waals surface area (Å²) in [7, 11) is 0. The molecular formula is C14H27NO. The fourth-order valence-electron chi connectivity index (χ4n) is 2.78. The minimum Gasteiger partial charge on any atom is -0.300 e. The van der Waals surface area contributed by atoms with Gasteiger partial charge in [-0.05, 0) is 24.7 Å². The van der Waals surface area contributed by atoms with E-state index in [-0.39, 0.29) is 0 Å². The van der Waals surface area contributed by atoms with Crippen LogP contribution >= 0.6 is 0 Å². The number of ketones is 1. The molecule has 94 valence electrons. The minimum absolute atomic E-state index is 0.439. The second kappa shape index (κ2) is 5.81. The van der Waals surface area contributed by atoms with Crippen molar-refractivity contribution in [2.24, 2.45) is 17.8 Å². The monoisotopic (exact) mass is 225 g/mol. The third kappa shape index (κ3) is 3.58. The average Bonchev–Trinajstić information content (AvgIpc) is 2.15. The van der Waals surface area contributed by atoms with Crippen LogP contribution in [0.25, 0.3) is 0 Å². The summed E-state index contributed by atoms with van der Waals surface area (Å²) in [6.07, 6.45) is 1.51. The zero-order valence-electron chi connectivity index (χ0n) is 11.5. The standard InChI is InChI=1S/C14H27NO/c1-10(2)14(11(3)4)9-15-7-6-13(16)8-12(15)5/h10-12,14H,6-9H2,1-5H3. The third-order valence-corrected chi connectivity index (χ3v) is 3.98. The molecule has 1 fully saturated rings. The van der Waals surface area contributed by atoms with Gasteiger partial charge in [0, 0.05) is 32.0 Å². The topological polar surface area (TPSA) is 20.3 Å². The molecule has 0 bridgehead atoms. The molecule has 0 N–H and O–H groups in total. The van der Waals surface area contributed by atoms with E-state index < -0.39 is 0 Å². The summed E-state index contributed by atoms with van der Waals surface area (Å²) >= 11 is 0. The maximum absolute atomic E-state index is 11.3. The van der Waals surface area contributed by atoms with Crippen LogP contribution in [0.2, 0.25) is 0 Å². The number of likely N-dealkylation sites (tertiary alicyclic amines) is 1. The molecule has 1 saturated heterocycles. The molecule has 2 nitrogen and oxygen atoms in total. The van der Waals surface area contributed by atoms with Crippen molar-refractivity contribution in [3.63, 3.8) is 0 Å².